The van der Waals surface area contributed by atoms with Gasteiger partial charge in [-0.2, -0.15) is 0 Å². The van der Waals surface area contributed by atoms with Crippen molar-refractivity contribution >= 4 is 11.6 Å². The third-order valence-corrected chi connectivity index (χ3v) is 3.44. The van der Waals surface area contributed by atoms with Crippen LogP contribution >= 0.6 is 0 Å². The molecule has 0 saturated heterocycles. The minimum Gasteiger partial charge on any atom is -0.396 e. The highest BCUT2D eigenvalue weighted by molar-refractivity contribution is 5.58. The minimum atomic E-state index is 0.127. The van der Waals surface area contributed by atoms with Crippen LogP contribution in [0.4, 0.5) is 11.6 Å². The van der Waals surface area contributed by atoms with E-state index in [0.717, 1.165) is 36.6 Å². The molecule has 5 heteroatoms. The van der Waals surface area contributed by atoms with E-state index in [2.05, 4.69) is 48.3 Å². The molecule has 0 aliphatic rings. The fraction of sp³-hybridized carbons (Fsp3) is 0.733. The molecule has 114 valence electrons. The molecule has 0 amide bonds. The van der Waals surface area contributed by atoms with E-state index in [0.29, 0.717) is 5.92 Å². The molecule has 0 aromatic carbocycles. The monoisotopic (exact) mass is 280 g/mol. The summed E-state index contributed by atoms with van der Waals surface area (Å²) >= 11 is 0. The Labute approximate surface area is 122 Å². The quantitative estimate of drug-likeness (QED) is 0.683. The van der Waals surface area contributed by atoms with Gasteiger partial charge in [0.15, 0.2) is 0 Å². The lowest BCUT2D eigenvalue weighted by molar-refractivity contribution is 0.248. The van der Waals surface area contributed by atoms with Gasteiger partial charge in [0.2, 0.25) is 0 Å². The van der Waals surface area contributed by atoms with Crippen LogP contribution in [-0.2, 0) is 0 Å². The van der Waals surface area contributed by atoms with Gasteiger partial charge in [-0.25, -0.2) is 9.97 Å². The molecular weight excluding hydrogens is 252 g/mol. The normalized spacial score (nSPS) is 11.8. The summed E-state index contributed by atoms with van der Waals surface area (Å²) in [7, 11) is 1.88. The summed E-state index contributed by atoms with van der Waals surface area (Å²) in [4.78, 5) is 8.66. The summed E-state index contributed by atoms with van der Waals surface area (Å²) in [6.07, 6.45) is 3.40. The van der Waals surface area contributed by atoms with Crippen molar-refractivity contribution in [1.82, 2.24) is 9.97 Å². The van der Waals surface area contributed by atoms with E-state index in [1.165, 1.54) is 0 Å². The molecule has 5 nitrogen and oxygen atoms in total. The Hall–Kier alpha value is -1.36. The SMILES string of the molecule is CNc1ncnc(NCC(C)(C)CCCO)c1C(C)C. The zero-order valence-electron chi connectivity index (χ0n) is 13.3. The molecule has 3 N–H and O–H groups in total. The zero-order valence-corrected chi connectivity index (χ0v) is 13.3. The lowest BCUT2D eigenvalue weighted by Crippen LogP contribution is -2.24. The van der Waals surface area contributed by atoms with Crippen LogP contribution in [0, 0.1) is 5.41 Å². The lowest BCUT2D eigenvalue weighted by Gasteiger charge is -2.26. The van der Waals surface area contributed by atoms with Gasteiger partial charge in [0.1, 0.15) is 18.0 Å². The van der Waals surface area contributed by atoms with E-state index in [4.69, 9.17) is 5.11 Å². The fourth-order valence-electron chi connectivity index (χ4n) is 2.25. The van der Waals surface area contributed by atoms with Crippen LogP contribution in [0.15, 0.2) is 6.33 Å². The topological polar surface area (TPSA) is 70.1 Å². The molecule has 0 aliphatic carbocycles. The zero-order chi connectivity index (χ0) is 15.2. The third kappa shape index (κ3) is 4.63. The van der Waals surface area contributed by atoms with Gasteiger partial charge in [0, 0.05) is 25.8 Å². The van der Waals surface area contributed by atoms with Crippen LogP contribution in [0.2, 0.25) is 0 Å². The molecule has 0 bridgehead atoms. The Kier molecular flexibility index (Phi) is 6.20. The molecule has 1 aromatic heterocycles. The van der Waals surface area contributed by atoms with Gasteiger partial charge < -0.3 is 15.7 Å². The van der Waals surface area contributed by atoms with Crippen molar-refractivity contribution in [3.8, 4) is 0 Å². The van der Waals surface area contributed by atoms with Gasteiger partial charge in [0.05, 0.1) is 0 Å². The first-order chi connectivity index (χ1) is 9.41. The van der Waals surface area contributed by atoms with Crippen LogP contribution in [0.5, 0.6) is 0 Å². The van der Waals surface area contributed by atoms with E-state index in [1.807, 2.05) is 7.05 Å². The van der Waals surface area contributed by atoms with Crippen molar-refractivity contribution in [2.45, 2.75) is 46.5 Å². The Morgan fingerprint density at radius 1 is 1.25 bits per heavy atom. The van der Waals surface area contributed by atoms with E-state index >= 15 is 0 Å². The first-order valence-electron chi connectivity index (χ1n) is 7.28. The van der Waals surface area contributed by atoms with Crippen molar-refractivity contribution in [2.24, 2.45) is 5.41 Å². The number of aromatic nitrogens is 2. The number of hydrogen-bond donors (Lipinski definition) is 3. The van der Waals surface area contributed by atoms with Gasteiger partial charge in [-0.3, -0.25) is 0 Å². The maximum absolute atomic E-state index is 8.95. The Morgan fingerprint density at radius 3 is 2.45 bits per heavy atom. The maximum Gasteiger partial charge on any atom is 0.135 e. The predicted octanol–water partition coefficient (Wildman–Crippen LogP) is 2.85. The highest BCUT2D eigenvalue weighted by Crippen LogP contribution is 2.29. The summed E-state index contributed by atoms with van der Waals surface area (Å²) < 4.78 is 0. The highest BCUT2D eigenvalue weighted by Gasteiger charge is 2.20. The number of hydrogen-bond acceptors (Lipinski definition) is 5. The number of aliphatic hydroxyl groups excluding tert-OH is 1. The molecule has 20 heavy (non-hydrogen) atoms. The Bertz CT molecular complexity index is 418. The molecule has 0 fully saturated rings. The van der Waals surface area contributed by atoms with Crippen molar-refractivity contribution in [2.75, 3.05) is 30.8 Å². The van der Waals surface area contributed by atoms with Crippen LogP contribution in [0.25, 0.3) is 0 Å². The number of rotatable bonds is 8. The molecule has 0 saturated carbocycles. The van der Waals surface area contributed by atoms with Gasteiger partial charge in [0.25, 0.3) is 0 Å². The van der Waals surface area contributed by atoms with Gasteiger partial charge in [-0.15, -0.1) is 0 Å². The molecule has 0 atom stereocenters. The first-order valence-corrected chi connectivity index (χ1v) is 7.28. The third-order valence-electron chi connectivity index (χ3n) is 3.44. The predicted molar refractivity (Wildman–Crippen MR) is 84.3 cm³/mol. The Balaban J connectivity index is 2.82. The first kappa shape index (κ1) is 16.7. The van der Waals surface area contributed by atoms with E-state index in [-0.39, 0.29) is 12.0 Å². The van der Waals surface area contributed by atoms with Gasteiger partial charge in [-0.1, -0.05) is 27.7 Å². The summed E-state index contributed by atoms with van der Waals surface area (Å²) in [6.45, 7) is 9.75. The standard InChI is InChI=1S/C15H28N4O/c1-11(2)12-13(16-5)18-10-19-14(12)17-9-15(3,4)7-6-8-20/h10-11,20H,6-9H2,1-5H3,(H2,16,17,18,19). The van der Waals surface area contributed by atoms with Crippen molar-refractivity contribution in [3.05, 3.63) is 11.9 Å². The van der Waals surface area contributed by atoms with Gasteiger partial charge >= 0.3 is 0 Å². The highest BCUT2D eigenvalue weighted by atomic mass is 16.2. The summed E-state index contributed by atoms with van der Waals surface area (Å²) in [5.74, 6) is 2.13. The molecule has 0 spiro atoms. The van der Waals surface area contributed by atoms with E-state index in [1.54, 1.807) is 6.33 Å². The Morgan fingerprint density at radius 2 is 1.90 bits per heavy atom. The molecule has 1 aromatic rings. The number of aliphatic hydroxyl groups is 1. The van der Waals surface area contributed by atoms with Crippen LogP contribution in [-0.4, -0.2) is 35.3 Å². The largest absolute Gasteiger partial charge is 0.396 e. The van der Waals surface area contributed by atoms with Gasteiger partial charge in [-0.05, 0) is 24.2 Å². The average molecular weight is 280 g/mol. The summed E-state index contributed by atoms with van der Waals surface area (Å²) in [5.41, 5.74) is 1.25. The smallest absolute Gasteiger partial charge is 0.135 e. The summed E-state index contributed by atoms with van der Waals surface area (Å²) in [6, 6.07) is 0. The van der Waals surface area contributed by atoms with Crippen LogP contribution < -0.4 is 10.6 Å². The molecule has 0 aliphatic heterocycles. The number of nitrogens with one attached hydrogen (secondary N) is 2. The number of anilines is 2. The second kappa shape index (κ2) is 7.43. The molecule has 1 rings (SSSR count). The van der Waals surface area contributed by atoms with E-state index in [9.17, 15) is 0 Å². The molecule has 0 unspecified atom stereocenters. The van der Waals surface area contributed by atoms with Crippen LogP contribution in [0.1, 0.15) is 52.0 Å². The lowest BCUT2D eigenvalue weighted by atomic mass is 9.88. The van der Waals surface area contributed by atoms with Crippen molar-refractivity contribution in [1.29, 1.82) is 0 Å². The molecular formula is C15H28N4O. The average Bonchev–Trinajstić information content (AvgIpc) is 2.42. The van der Waals surface area contributed by atoms with Crippen molar-refractivity contribution in [3.63, 3.8) is 0 Å². The second-order valence-electron chi connectivity index (χ2n) is 6.23. The summed E-state index contributed by atoms with van der Waals surface area (Å²) in [5, 5.41) is 15.5. The van der Waals surface area contributed by atoms with E-state index < -0.39 is 0 Å². The second-order valence-corrected chi connectivity index (χ2v) is 6.23. The van der Waals surface area contributed by atoms with Crippen molar-refractivity contribution < 1.29 is 5.11 Å². The minimum absolute atomic E-state index is 0.127. The fourth-order valence-corrected chi connectivity index (χ4v) is 2.25. The number of nitrogens with zero attached hydrogens (tertiary/aromatic N) is 2. The van der Waals surface area contributed by atoms with Crippen LogP contribution in [0.3, 0.4) is 0 Å². The maximum atomic E-state index is 8.95. The molecule has 1 heterocycles. The molecule has 0 radical (unpaired) electrons.